The Kier molecular flexibility index (Phi) is 9.99. The highest BCUT2D eigenvalue weighted by atomic mass is 35.5. The van der Waals surface area contributed by atoms with E-state index in [1.807, 2.05) is 30.3 Å². The molecule has 1 aromatic rings. The summed E-state index contributed by atoms with van der Waals surface area (Å²) in [5.41, 5.74) is 1.01. The van der Waals surface area contributed by atoms with Crippen molar-refractivity contribution < 1.29 is 9.53 Å². The summed E-state index contributed by atoms with van der Waals surface area (Å²) in [5.74, 6) is 0. The molecule has 0 spiro atoms. The summed E-state index contributed by atoms with van der Waals surface area (Å²) in [6.45, 7) is 4.58. The van der Waals surface area contributed by atoms with E-state index in [4.69, 9.17) is 4.74 Å². The Labute approximate surface area is 122 Å². The number of ether oxygens (including phenoxy) is 1. The first-order valence-electron chi connectivity index (χ1n) is 6.73. The lowest BCUT2D eigenvalue weighted by Gasteiger charge is -2.17. The van der Waals surface area contributed by atoms with E-state index < -0.39 is 0 Å². The van der Waals surface area contributed by atoms with Gasteiger partial charge < -0.3 is 10.1 Å². The van der Waals surface area contributed by atoms with Crippen LogP contribution in [0.3, 0.4) is 0 Å². The fraction of sp³-hybridized carbons (Fsp3) is 0.533. The summed E-state index contributed by atoms with van der Waals surface area (Å²) in [7, 11) is 0. The minimum atomic E-state index is -0.314. The summed E-state index contributed by atoms with van der Waals surface area (Å²) in [4.78, 5) is 11.6. The molecule has 1 amide bonds. The van der Waals surface area contributed by atoms with Gasteiger partial charge in [-0.25, -0.2) is 4.79 Å². The van der Waals surface area contributed by atoms with Crippen LogP contribution in [0.2, 0.25) is 0 Å². The number of nitrogens with one attached hydrogen (secondary N) is 1. The van der Waals surface area contributed by atoms with Gasteiger partial charge in [0.1, 0.15) is 6.61 Å². The van der Waals surface area contributed by atoms with Crippen molar-refractivity contribution in [3.8, 4) is 0 Å². The fourth-order valence-electron chi connectivity index (χ4n) is 1.92. The first-order valence-corrected chi connectivity index (χ1v) is 6.73. The van der Waals surface area contributed by atoms with Crippen molar-refractivity contribution in [2.24, 2.45) is 0 Å². The molecular formula is C15H24ClNO2. The van der Waals surface area contributed by atoms with Crippen LogP contribution in [0.25, 0.3) is 0 Å². The SMILES string of the molecule is CCCC(CCC)NC(=O)OCc1ccccc1.Cl. The van der Waals surface area contributed by atoms with Gasteiger partial charge in [-0.3, -0.25) is 0 Å². The average Bonchev–Trinajstić information content (AvgIpc) is 2.38. The third-order valence-corrected chi connectivity index (χ3v) is 2.81. The fourth-order valence-corrected chi connectivity index (χ4v) is 1.92. The van der Waals surface area contributed by atoms with Gasteiger partial charge in [-0.05, 0) is 18.4 Å². The van der Waals surface area contributed by atoms with Crippen LogP contribution in [0.1, 0.15) is 45.1 Å². The van der Waals surface area contributed by atoms with E-state index in [0.717, 1.165) is 31.2 Å². The maximum absolute atomic E-state index is 11.6. The van der Waals surface area contributed by atoms with Crippen LogP contribution in [-0.4, -0.2) is 12.1 Å². The second kappa shape index (κ2) is 10.7. The largest absolute Gasteiger partial charge is 0.445 e. The summed E-state index contributed by atoms with van der Waals surface area (Å²) in [6, 6.07) is 9.96. The average molecular weight is 286 g/mol. The number of carbonyl (C=O) groups is 1. The molecule has 19 heavy (non-hydrogen) atoms. The second-order valence-electron chi connectivity index (χ2n) is 4.48. The summed E-state index contributed by atoms with van der Waals surface area (Å²) >= 11 is 0. The van der Waals surface area contributed by atoms with Crippen molar-refractivity contribution in [2.75, 3.05) is 0 Å². The van der Waals surface area contributed by atoms with Gasteiger partial charge in [0.05, 0.1) is 0 Å². The van der Waals surface area contributed by atoms with Gasteiger partial charge in [0.25, 0.3) is 0 Å². The number of hydrogen-bond donors (Lipinski definition) is 1. The third-order valence-electron chi connectivity index (χ3n) is 2.81. The van der Waals surface area contributed by atoms with E-state index in [1.54, 1.807) is 0 Å². The van der Waals surface area contributed by atoms with Gasteiger partial charge in [-0.15, -0.1) is 12.4 Å². The number of halogens is 1. The van der Waals surface area contributed by atoms with Crippen LogP contribution in [0, 0.1) is 0 Å². The van der Waals surface area contributed by atoms with E-state index in [1.165, 1.54) is 0 Å². The molecule has 0 atom stereocenters. The van der Waals surface area contributed by atoms with E-state index in [9.17, 15) is 4.79 Å². The maximum Gasteiger partial charge on any atom is 0.407 e. The lowest BCUT2D eigenvalue weighted by molar-refractivity contribution is 0.134. The predicted octanol–water partition coefficient (Wildman–Crippen LogP) is 4.30. The molecule has 0 aliphatic carbocycles. The molecule has 108 valence electrons. The third kappa shape index (κ3) is 7.73. The number of alkyl carbamates (subject to hydrolysis) is 1. The van der Waals surface area contributed by atoms with Crippen LogP contribution in [0.4, 0.5) is 4.79 Å². The first kappa shape index (κ1) is 17.8. The molecule has 1 aromatic carbocycles. The van der Waals surface area contributed by atoms with Gasteiger partial charge in [0, 0.05) is 6.04 Å². The molecule has 0 saturated carbocycles. The second-order valence-corrected chi connectivity index (χ2v) is 4.48. The summed E-state index contributed by atoms with van der Waals surface area (Å²) in [5, 5.41) is 2.93. The van der Waals surface area contributed by atoms with Crippen molar-refractivity contribution in [3.63, 3.8) is 0 Å². The van der Waals surface area contributed by atoms with Gasteiger partial charge in [-0.2, -0.15) is 0 Å². The molecule has 0 radical (unpaired) electrons. The van der Waals surface area contributed by atoms with Crippen LogP contribution >= 0.6 is 12.4 Å². The molecule has 0 heterocycles. The standard InChI is InChI=1S/C15H23NO2.ClH/c1-3-8-14(9-4-2)16-15(17)18-12-13-10-6-5-7-11-13;/h5-7,10-11,14H,3-4,8-9,12H2,1-2H3,(H,16,17);1H. The zero-order chi connectivity index (χ0) is 13.2. The molecule has 4 heteroatoms. The topological polar surface area (TPSA) is 38.3 Å². The number of hydrogen-bond acceptors (Lipinski definition) is 2. The highest BCUT2D eigenvalue weighted by molar-refractivity contribution is 5.85. The van der Waals surface area contributed by atoms with Gasteiger partial charge in [-0.1, -0.05) is 57.0 Å². The maximum atomic E-state index is 11.6. The number of rotatable bonds is 7. The number of amides is 1. The number of benzene rings is 1. The Morgan fingerprint density at radius 2 is 1.74 bits per heavy atom. The van der Waals surface area contributed by atoms with Gasteiger partial charge in [0.15, 0.2) is 0 Å². The minimum absolute atomic E-state index is 0. The zero-order valence-electron chi connectivity index (χ0n) is 11.7. The lowest BCUT2D eigenvalue weighted by Crippen LogP contribution is -2.35. The van der Waals surface area contributed by atoms with Crippen molar-refractivity contribution in [1.82, 2.24) is 5.32 Å². The Hall–Kier alpha value is -1.22. The molecule has 3 nitrogen and oxygen atoms in total. The molecule has 0 aromatic heterocycles. The molecule has 0 unspecified atom stereocenters. The molecule has 0 aliphatic rings. The van der Waals surface area contributed by atoms with Crippen molar-refractivity contribution >= 4 is 18.5 Å². The molecule has 0 bridgehead atoms. The van der Waals surface area contributed by atoms with E-state index in [2.05, 4.69) is 19.2 Å². The highest BCUT2D eigenvalue weighted by Gasteiger charge is 2.11. The zero-order valence-corrected chi connectivity index (χ0v) is 12.5. The Bertz CT molecular complexity index is 337. The van der Waals surface area contributed by atoms with Crippen LogP contribution < -0.4 is 5.32 Å². The van der Waals surface area contributed by atoms with E-state index in [0.29, 0.717) is 6.61 Å². The molecular weight excluding hydrogens is 262 g/mol. The first-order chi connectivity index (χ1) is 8.76. The normalized spacial score (nSPS) is 9.84. The van der Waals surface area contributed by atoms with Crippen molar-refractivity contribution in [2.45, 2.75) is 52.2 Å². The van der Waals surface area contributed by atoms with E-state index >= 15 is 0 Å². The minimum Gasteiger partial charge on any atom is -0.445 e. The Balaban J connectivity index is 0.00000324. The van der Waals surface area contributed by atoms with E-state index in [-0.39, 0.29) is 24.5 Å². The van der Waals surface area contributed by atoms with Crippen LogP contribution in [-0.2, 0) is 11.3 Å². The van der Waals surface area contributed by atoms with Crippen LogP contribution in [0.15, 0.2) is 30.3 Å². The number of carbonyl (C=O) groups excluding carboxylic acids is 1. The molecule has 0 fully saturated rings. The van der Waals surface area contributed by atoms with Crippen molar-refractivity contribution in [1.29, 1.82) is 0 Å². The van der Waals surface area contributed by atoms with Crippen LogP contribution in [0.5, 0.6) is 0 Å². The molecule has 1 N–H and O–H groups in total. The lowest BCUT2D eigenvalue weighted by atomic mass is 10.1. The molecule has 1 rings (SSSR count). The predicted molar refractivity (Wildman–Crippen MR) is 80.6 cm³/mol. The van der Waals surface area contributed by atoms with Crippen molar-refractivity contribution in [3.05, 3.63) is 35.9 Å². The monoisotopic (exact) mass is 285 g/mol. The Morgan fingerprint density at radius 1 is 1.16 bits per heavy atom. The smallest absolute Gasteiger partial charge is 0.407 e. The summed E-state index contributed by atoms with van der Waals surface area (Å²) < 4.78 is 5.20. The quantitative estimate of drug-likeness (QED) is 0.811. The van der Waals surface area contributed by atoms with Gasteiger partial charge >= 0.3 is 6.09 Å². The Morgan fingerprint density at radius 3 is 2.26 bits per heavy atom. The molecule has 0 saturated heterocycles. The summed E-state index contributed by atoms with van der Waals surface area (Å²) in [6.07, 6.45) is 3.85. The highest BCUT2D eigenvalue weighted by Crippen LogP contribution is 2.06. The van der Waals surface area contributed by atoms with Gasteiger partial charge in [0.2, 0.25) is 0 Å². The molecule has 0 aliphatic heterocycles.